The molecule has 0 aromatic heterocycles. The highest BCUT2D eigenvalue weighted by Crippen LogP contribution is 2.13. The van der Waals surface area contributed by atoms with E-state index >= 15 is 0 Å². The minimum absolute atomic E-state index is 0. The summed E-state index contributed by atoms with van der Waals surface area (Å²) in [4.78, 5) is 27.0. The van der Waals surface area contributed by atoms with Crippen molar-refractivity contribution in [2.75, 3.05) is 26.2 Å². The molecule has 1 amide bonds. The molecule has 0 aliphatic carbocycles. The first-order valence-electron chi connectivity index (χ1n) is 8.04. The van der Waals surface area contributed by atoms with Crippen LogP contribution in [-0.2, 0) is 16.1 Å². The summed E-state index contributed by atoms with van der Waals surface area (Å²) >= 11 is 0. The number of benzene rings is 1. The lowest BCUT2D eigenvalue weighted by molar-refractivity contribution is -0.145. The second-order valence-electron chi connectivity index (χ2n) is 5.73. The van der Waals surface area contributed by atoms with E-state index in [4.69, 9.17) is 4.74 Å². The van der Waals surface area contributed by atoms with Crippen molar-refractivity contribution in [1.29, 1.82) is 0 Å². The molecule has 7 heteroatoms. The Morgan fingerprint density at radius 3 is 2.58 bits per heavy atom. The van der Waals surface area contributed by atoms with Crippen molar-refractivity contribution in [3.8, 4) is 0 Å². The van der Waals surface area contributed by atoms with Gasteiger partial charge in [-0.3, -0.25) is 9.69 Å². The molecular formula is C17H25ClN2O4. The standard InChI is InChI=1S/C17H24N2O4.ClH/c1-2-3-9-18-10-11-19(12-15(18)16(20)21)17(22)23-13-14-7-5-4-6-8-14;/h4-8,15H,2-3,9-13H2,1H3,(H,20,21);1H. The van der Waals surface area contributed by atoms with E-state index in [1.54, 1.807) is 0 Å². The van der Waals surface area contributed by atoms with E-state index < -0.39 is 18.1 Å². The number of hydrogen-bond donors (Lipinski definition) is 1. The molecule has 1 N–H and O–H groups in total. The molecule has 0 bridgehead atoms. The molecule has 1 unspecified atom stereocenters. The van der Waals surface area contributed by atoms with E-state index in [1.165, 1.54) is 4.90 Å². The zero-order chi connectivity index (χ0) is 16.7. The number of amides is 1. The third-order valence-electron chi connectivity index (χ3n) is 4.04. The second kappa shape index (κ2) is 10.2. The van der Waals surface area contributed by atoms with Gasteiger partial charge in [0.2, 0.25) is 0 Å². The minimum atomic E-state index is -0.887. The van der Waals surface area contributed by atoms with Gasteiger partial charge in [-0.25, -0.2) is 4.79 Å². The van der Waals surface area contributed by atoms with Crippen LogP contribution in [-0.4, -0.2) is 59.2 Å². The van der Waals surface area contributed by atoms with Gasteiger partial charge in [0, 0.05) is 13.1 Å². The fourth-order valence-electron chi connectivity index (χ4n) is 2.66. The number of carbonyl (C=O) groups excluding carboxylic acids is 1. The van der Waals surface area contributed by atoms with Crippen LogP contribution >= 0.6 is 12.4 Å². The summed E-state index contributed by atoms with van der Waals surface area (Å²) in [5, 5.41) is 9.40. The summed E-state index contributed by atoms with van der Waals surface area (Å²) < 4.78 is 5.29. The Morgan fingerprint density at radius 2 is 1.96 bits per heavy atom. The highest BCUT2D eigenvalue weighted by molar-refractivity contribution is 5.85. The number of unbranched alkanes of at least 4 members (excludes halogenated alkanes) is 1. The highest BCUT2D eigenvalue weighted by atomic mass is 35.5. The van der Waals surface area contributed by atoms with Gasteiger partial charge in [-0.2, -0.15) is 0 Å². The fraction of sp³-hybridized carbons (Fsp3) is 0.529. The van der Waals surface area contributed by atoms with Crippen molar-refractivity contribution >= 4 is 24.5 Å². The average Bonchev–Trinajstić information content (AvgIpc) is 2.58. The number of halogens is 1. The monoisotopic (exact) mass is 356 g/mol. The molecule has 1 aromatic carbocycles. The summed E-state index contributed by atoms with van der Waals surface area (Å²) in [7, 11) is 0. The Kier molecular flexibility index (Phi) is 8.57. The lowest BCUT2D eigenvalue weighted by Gasteiger charge is -2.38. The normalized spacial score (nSPS) is 17.9. The molecule has 1 atom stereocenters. The van der Waals surface area contributed by atoms with Crippen molar-refractivity contribution in [3.63, 3.8) is 0 Å². The summed E-state index contributed by atoms with van der Waals surface area (Å²) in [6, 6.07) is 8.79. The number of ether oxygens (including phenoxy) is 1. The largest absolute Gasteiger partial charge is 0.480 e. The van der Waals surface area contributed by atoms with Gasteiger partial charge in [-0.15, -0.1) is 12.4 Å². The maximum atomic E-state index is 12.2. The van der Waals surface area contributed by atoms with E-state index in [0.29, 0.717) is 13.1 Å². The quantitative estimate of drug-likeness (QED) is 0.848. The van der Waals surface area contributed by atoms with E-state index in [1.807, 2.05) is 35.2 Å². The Morgan fingerprint density at radius 1 is 1.25 bits per heavy atom. The lowest BCUT2D eigenvalue weighted by Crippen LogP contribution is -2.57. The van der Waals surface area contributed by atoms with E-state index in [-0.39, 0.29) is 25.6 Å². The van der Waals surface area contributed by atoms with Gasteiger partial charge < -0.3 is 14.7 Å². The van der Waals surface area contributed by atoms with Gasteiger partial charge in [-0.05, 0) is 18.5 Å². The first-order valence-corrected chi connectivity index (χ1v) is 8.04. The van der Waals surface area contributed by atoms with Gasteiger partial charge in [-0.1, -0.05) is 43.7 Å². The molecule has 1 aliphatic rings. The smallest absolute Gasteiger partial charge is 0.410 e. The fourth-order valence-corrected chi connectivity index (χ4v) is 2.66. The topological polar surface area (TPSA) is 70.1 Å². The van der Waals surface area contributed by atoms with Crippen molar-refractivity contribution in [2.45, 2.75) is 32.4 Å². The van der Waals surface area contributed by atoms with E-state index in [2.05, 4.69) is 6.92 Å². The number of aliphatic carboxylic acids is 1. The lowest BCUT2D eigenvalue weighted by atomic mass is 10.1. The third-order valence-corrected chi connectivity index (χ3v) is 4.04. The van der Waals surface area contributed by atoms with Crippen LogP contribution in [0.3, 0.4) is 0 Å². The maximum absolute atomic E-state index is 12.2. The Labute approximate surface area is 148 Å². The molecule has 1 fully saturated rings. The van der Waals surface area contributed by atoms with E-state index in [0.717, 1.165) is 24.9 Å². The maximum Gasteiger partial charge on any atom is 0.410 e. The Balaban J connectivity index is 0.00000288. The zero-order valence-electron chi connectivity index (χ0n) is 13.9. The molecule has 1 aromatic rings. The predicted octanol–water partition coefficient (Wildman–Crippen LogP) is 2.62. The minimum Gasteiger partial charge on any atom is -0.480 e. The summed E-state index contributed by atoms with van der Waals surface area (Å²) in [6.07, 6.45) is 1.53. The summed E-state index contributed by atoms with van der Waals surface area (Å²) in [5.74, 6) is -0.887. The molecule has 6 nitrogen and oxygen atoms in total. The molecule has 134 valence electrons. The van der Waals surface area contributed by atoms with Crippen LogP contribution in [0.15, 0.2) is 30.3 Å². The molecular weight excluding hydrogens is 332 g/mol. The number of carboxylic acid groups (broad SMARTS) is 1. The van der Waals surface area contributed by atoms with Gasteiger partial charge in [0.05, 0.1) is 6.54 Å². The van der Waals surface area contributed by atoms with Crippen LogP contribution in [0.1, 0.15) is 25.3 Å². The summed E-state index contributed by atoms with van der Waals surface area (Å²) in [5.41, 5.74) is 0.914. The number of nitrogens with zero attached hydrogens (tertiary/aromatic N) is 2. The van der Waals surface area contributed by atoms with Crippen LogP contribution in [0.4, 0.5) is 4.79 Å². The molecule has 0 radical (unpaired) electrons. The number of carboxylic acids is 1. The molecule has 1 aliphatic heterocycles. The molecule has 24 heavy (non-hydrogen) atoms. The van der Waals surface area contributed by atoms with Crippen molar-refractivity contribution in [2.24, 2.45) is 0 Å². The van der Waals surface area contributed by atoms with Gasteiger partial charge >= 0.3 is 12.1 Å². The van der Waals surface area contributed by atoms with Crippen molar-refractivity contribution in [1.82, 2.24) is 9.80 Å². The van der Waals surface area contributed by atoms with Gasteiger partial charge in [0.15, 0.2) is 0 Å². The Bertz CT molecular complexity index is 527. The van der Waals surface area contributed by atoms with Gasteiger partial charge in [0.25, 0.3) is 0 Å². The molecule has 0 saturated carbocycles. The predicted molar refractivity (Wildman–Crippen MR) is 93.4 cm³/mol. The van der Waals surface area contributed by atoms with Crippen LogP contribution in [0, 0.1) is 0 Å². The average molecular weight is 357 g/mol. The van der Waals surface area contributed by atoms with E-state index in [9.17, 15) is 14.7 Å². The first kappa shape index (κ1) is 20.3. The SMILES string of the molecule is CCCCN1CCN(C(=O)OCc2ccccc2)CC1C(=O)O.Cl. The third kappa shape index (κ3) is 5.69. The Hall–Kier alpha value is -1.79. The van der Waals surface area contributed by atoms with Crippen LogP contribution in [0.5, 0.6) is 0 Å². The number of piperazine rings is 1. The van der Waals surface area contributed by atoms with Crippen LogP contribution in [0.25, 0.3) is 0 Å². The van der Waals surface area contributed by atoms with Crippen LogP contribution in [0.2, 0.25) is 0 Å². The van der Waals surface area contributed by atoms with Gasteiger partial charge in [0.1, 0.15) is 12.6 Å². The second-order valence-corrected chi connectivity index (χ2v) is 5.73. The number of hydrogen-bond acceptors (Lipinski definition) is 4. The number of rotatable bonds is 6. The molecule has 2 rings (SSSR count). The van der Waals surface area contributed by atoms with Crippen molar-refractivity contribution in [3.05, 3.63) is 35.9 Å². The summed E-state index contributed by atoms with van der Waals surface area (Å²) in [6.45, 7) is 4.27. The molecule has 1 heterocycles. The van der Waals surface area contributed by atoms with Crippen molar-refractivity contribution < 1.29 is 19.4 Å². The first-order chi connectivity index (χ1) is 11.1. The number of carbonyl (C=O) groups is 2. The molecule has 1 saturated heterocycles. The highest BCUT2D eigenvalue weighted by Gasteiger charge is 2.34. The van der Waals surface area contributed by atoms with Crippen LogP contribution < -0.4 is 0 Å². The zero-order valence-corrected chi connectivity index (χ0v) is 14.7. The molecule has 0 spiro atoms.